The summed E-state index contributed by atoms with van der Waals surface area (Å²) in [7, 11) is 0. The lowest BCUT2D eigenvalue weighted by atomic mass is 10.0. The number of amides is 1. The van der Waals surface area contributed by atoms with Crippen LogP contribution in [-0.4, -0.2) is 42.6 Å². The molecule has 1 fully saturated rings. The van der Waals surface area contributed by atoms with Gasteiger partial charge in [0, 0.05) is 25.6 Å². The Kier molecular flexibility index (Phi) is 3.76. The topological polar surface area (TPSA) is 55.6 Å². The number of carbonyl (C=O) groups is 1. The molecule has 0 spiro atoms. The van der Waals surface area contributed by atoms with Crippen molar-refractivity contribution in [3.63, 3.8) is 0 Å². The largest absolute Gasteiger partial charge is 0.370 e. The summed E-state index contributed by atoms with van der Waals surface area (Å²) in [6.45, 7) is 3.79. The molecule has 3 rings (SSSR count). The number of hydrogen-bond acceptors (Lipinski definition) is 3. The number of nitrogens with zero attached hydrogens (tertiary/aromatic N) is 1. The van der Waals surface area contributed by atoms with Crippen LogP contribution in [0.5, 0.6) is 0 Å². The highest BCUT2D eigenvalue weighted by Gasteiger charge is 2.34. The molecule has 108 valence electrons. The average Bonchev–Trinajstić information content (AvgIpc) is 2.89. The third kappa shape index (κ3) is 2.58. The average molecular weight is 274 g/mol. The maximum atomic E-state index is 12.7. The molecule has 2 atom stereocenters. The van der Waals surface area contributed by atoms with Gasteiger partial charge in [0.05, 0.1) is 12.2 Å². The van der Waals surface area contributed by atoms with E-state index in [1.54, 1.807) is 0 Å². The molecule has 1 aliphatic heterocycles. The van der Waals surface area contributed by atoms with Crippen LogP contribution < -0.4 is 5.73 Å². The first-order chi connectivity index (χ1) is 9.67. The van der Waals surface area contributed by atoms with Gasteiger partial charge >= 0.3 is 0 Å². The lowest BCUT2D eigenvalue weighted by Gasteiger charge is -2.37. The maximum Gasteiger partial charge on any atom is 0.226 e. The second kappa shape index (κ2) is 5.54. The smallest absolute Gasteiger partial charge is 0.226 e. The molecule has 4 heteroatoms. The van der Waals surface area contributed by atoms with Crippen molar-refractivity contribution >= 4 is 5.91 Å². The van der Waals surface area contributed by atoms with Gasteiger partial charge in [-0.1, -0.05) is 24.3 Å². The van der Waals surface area contributed by atoms with E-state index in [2.05, 4.69) is 12.1 Å². The molecule has 1 aliphatic carbocycles. The van der Waals surface area contributed by atoms with E-state index >= 15 is 0 Å². The minimum Gasteiger partial charge on any atom is -0.370 e. The van der Waals surface area contributed by atoms with Crippen molar-refractivity contribution in [3.8, 4) is 0 Å². The molecule has 0 aromatic heterocycles. The van der Waals surface area contributed by atoms with Gasteiger partial charge in [-0.15, -0.1) is 0 Å². The Morgan fingerprint density at radius 2 is 1.95 bits per heavy atom. The molecule has 2 aliphatic rings. The van der Waals surface area contributed by atoms with E-state index in [-0.39, 0.29) is 24.0 Å². The summed E-state index contributed by atoms with van der Waals surface area (Å²) >= 11 is 0. The molecule has 1 amide bonds. The molecule has 2 N–H and O–H groups in total. The summed E-state index contributed by atoms with van der Waals surface area (Å²) in [6, 6.07) is 8.36. The molecule has 1 saturated heterocycles. The lowest BCUT2D eigenvalue weighted by molar-refractivity contribution is -0.147. The first-order valence-electron chi connectivity index (χ1n) is 7.38. The Balaban J connectivity index is 1.68. The second-order valence-electron chi connectivity index (χ2n) is 5.92. The summed E-state index contributed by atoms with van der Waals surface area (Å²) in [5.74, 6) is 0.353. The minimum atomic E-state index is -0.0218. The zero-order valence-electron chi connectivity index (χ0n) is 11.9. The van der Waals surface area contributed by atoms with E-state index in [4.69, 9.17) is 10.5 Å². The van der Waals surface area contributed by atoms with Crippen LogP contribution in [0.2, 0.25) is 0 Å². The number of morpholine rings is 1. The summed E-state index contributed by atoms with van der Waals surface area (Å²) in [6.07, 6.45) is 1.79. The highest BCUT2D eigenvalue weighted by atomic mass is 16.5. The fraction of sp³-hybridized carbons (Fsp3) is 0.562. The van der Waals surface area contributed by atoms with Crippen LogP contribution in [-0.2, 0) is 22.4 Å². The van der Waals surface area contributed by atoms with Crippen molar-refractivity contribution in [2.24, 2.45) is 11.7 Å². The molecular formula is C16H22N2O2. The molecule has 0 saturated carbocycles. The first kappa shape index (κ1) is 13.6. The van der Waals surface area contributed by atoms with Crippen LogP contribution in [0.3, 0.4) is 0 Å². The molecule has 1 heterocycles. The molecule has 0 radical (unpaired) electrons. The highest BCUT2D eigenvalue weighted by Crippen LogP contribution is 2.28. The zero-order valence-corrected chi connectivity index (χ0v) is 11.9. The summed E-state index contributed by atoms with van der Waals surface area (Å²) < 4.78 is 5.72. The number of benzene rings is 1. The Morgan fingerprint density at radius 1 is 1.30 bits per heavy atom. The maximum absolute atomic E-state index is 12.7. The van der Waals surface area contributed by atoms with Gasteiger partial charge in [0.25, 0.3) is 0 Å². The number of rotatable bonds is 2. The molecule has 1 aromatic rings. The van der Waals surface area contributed by atoms with Crippen LogP contribution in [0.15, 0.2) is 24.3 Å². The van der Waals surface area contributed by atoms with E-state index in [0.29, 0.717) is 19.6 Å². The third-order valence-corrected chi connectivity index (χ3v) is 4.30. The van der Waals surface area contributed by atoms with Gasteiger partial charge in [0.2, 0.25) is 5.91 Å². The number of carbonyl (C=O) groups excluding carboxylic acids is 1. The second-order valence-corrected chi connectivity index (χ2v) is 5.92. The standard InChI is InChI=1S/C16H22N2O2/c1-11-9-18(10-15(8-17)20-11)16(19)14-6-12-4-2-3-5-13(12)7-14/h2-5,11,14-15H,6-10,17H2,1H3. The van der Waals surface area contributed by atoms with Gasteiger partial charge in [0.1, 0.15) is 0 Å². The van der Waals surface area contributed by atoms with Crippen molar-refractivity contribution in [1.82, 2.24) is 4.90 Å². The molecule has 20 heavy (non-hydrogen) atoms. The Hall–Kier alpha value is -1.39. The van der Waals surface area contributed by atoms with Gasteiger partial charge in [0.15, 0.2) is 0 Å². The van der Waals surface area contributed by atoms with Crippen LogP contribution >= 0.6 is 0 Å². The third-order valence-electron chi connectivity index (χ3n) is 4.30. The first-order valence-corrected chi connectivity index (χ1v) is 7.38. The number of fused-ring (bicyclic) bond motifs is 1. The fourth-order valence-corrected chi connectivity index (χ4v) is 3.35. The van der Waals surface area contributed by atoms with Crippen molar-refractivity contribution in [2.45, 2.75) is 32.0 Å². The van der Waals surface area contributed by atoms with Crippen LogP contribution in [0.1, 0.15) is 18.1 Å². The molecular weight excluding hydrogens is 252 g/mol. The zero-order chi connectivity index (χ0) is 14.1. The number of hydrogen-bond donors (Lipinski definition) is 1. The SMILES string of the molecule is CC1CN(C(=O)C2Cc3ccccc3C2)CC(CN)O1. The Labute approximate surface area is 119 Å². The molecule has 2 unspecified atom stereocenters. The van der Waals surface area contributed by atoms with Crippen LogP contribution in [0, 0.1) is 5.92 Å². The predicted molar refractivity (Wildman–Crippen MR) is 77.3 cm³/mol. The van der Waals surface area contributed by atoms with Crippen LogP contribution in [0.25, 0.3) is 0 Å². The van der Waals surface area contributed by atoms with Gasteiger partial charge in [-0.05, 0) is 30.9 Å². The summed E-state index contributed by atoms with van der Waals surface area (Å²) in [5.41, 5.74) is 8.33. The van der Waals surface area contributed by atoms with E-state index in [0.717, 1.165) is 12.8 Å². The highest BCUT2D eigenvalue weighted by molar-refractivity contribution is 5.80. The van der Waals surface area contributed by atoms with E-state index in [9.17, 15) is 4.79 Å². The van der Waals surface area contributed by atoms with E-state index < -0.39 is 0 Å². The van der Waals surface area contributed by atoms with Crippen molar-refractivity contribution in [1.29, 1.82) is 0 Å². The quantitative estimate of drug-likeness (QED) is 0.874. The normalized spacial score (nSPS) is 26.6. The van der Waals surface area contributed by atoms with E-state index in [1.807, 2.05) is 24.0 Å². The molecule has 1 aromatic carbocycles. The predicted octanol–water partition coefficient (Wildman–Crippen LogP) is 0.976. The van der Waals surface area contributed by atoms with Crippen molar-refractivity contribution < 1.29 is 9.53 Å². The number of nitrogens with two attached hydrogens (primary N) is 1. The molecule has 0 bridgehead atoms. The van der Waals surface area contributed by atoms with Gasteiger partial charge < -0.3 is 15.4 Å². The number of ether oxygens (including phenoxy) is 1. The van der Waals surface area contributed by atoms with Gasteiger partial charge in [-0.25, -0.2) is 0 Å². The van der Waals surface area contributed by atoms with Crippen molar-refractivity contribution in [2.75, 3.05) is 19.6 Å². The minimum absolute atomic E-state index is 0.0218. The Bertz CT molecular complexity index is 478. The molecule has 4 nitrogen and oxygen atoms in total. The fourth-order valence-electron chi connectivity index (χ4n) is 3.35. The van der Waals surface area contributed by atoms with Gasteiger partial charge in [-0.3, -0.25) is 4.79 Å². The van der Waals surface area contributed by atoms with Crippen LogP contribution in [0.4, 0.5) is 0 Å². The summed E-state index contributed by atoms with van der Waals surface area (Å²) in [4.78, 5) is 14.7. The Morgan fingerprint density at radius 3 is 2.55 bits per heavy atom. The lowest BCUT2D eigenvalue weighted by Crippen LogP contribution is -2.53. The summed E-state index contributed by atoms with van der Waals surface area (Å²) in [5, 5.41) is 0. The van der Waals surface area contributed by atoms with Crippen molar-refractivity contribution in [3.05, 3.63) is 35.4 Å². The van der Waals surface area contributed by atoms with E-state index in [1.165, 1.54) is 11.1 Å². The van der Waals surface area contributed by atoms with Gasteiger partial charge in [-0.2, -0.15) is 0 Å². The monoisotopic (exact) mass is 274 g/mol.